The van der Waals surface area contributed by atoms with Gasteiger partial charge in [0.15, 0.2) is 11.5 Å². The Hall–Kier alpha value is -2.01. The van der Waals surface area contributed by atoms with Gasteiger partial charge in [-0.15, -0.1) is 0 Å². The van der Waals surface area contributed by atoms with Crippen LogP contribution in [0.1, 0.15) is 11.4 Å². The van der Waals surface area contributed by atoms with E-state index < -0.39 is 0 Å². The molecule has 2 aliphatic rings. The molecule has 98 valence electrons. The van der Waals surface area contributed by atoms with Crippen molar-refractivity contribution in [1.82, 2.24) is 14.9 Å². The van der Waals surface area contributed by atoms with Crippen molar-refractivity contribution < 1.29 is 9.47 Å². The molecule has 2 aromatic rings. The van der Waals surface area contributed by atoms with Gasteiger partial charge in [0.25, 0.3) is 0 Å². The second-order valence-corrected chi connectivity index (χ2v) is 4.76. The van der Waals surface area contributed by atoms with Crippen molar-refractivity contribution in [2.24, 2.45) is 0 Å². The molecule has 1 N–H and O–H groups in total. The van der Waals surface area contributed by atoms with Gasteiger partial charge in [-0.05, 0) is 12.1 Å². The summed E-state index contributed by atoms with van der Waals surface area (Å²) in [7, 11) is 0. The molecule has 0 fully saturated rings. The summed E-state index contributed by atoms with van der Waals surface area (Å²) in [5, 5.41) is 3.34. The monoisotopic (exact) mass is 257 g/mol. The van der Waals surface area contributed by atoms with Crippen LogP contribution in [0.15, 0.2) is 24.5 Å². The highest BCUT2D eigenvalue weighted by atomic mass is 16.6. The van der Waals surface area contributed by atoms with E-state index in [4.69, 9.17) is 9.47 Å². The molecule has 5 heteroatoms. The van der Waals surface area contributed by atoms with E-state index in [1.54, 1.807) is 0 Å². The van der Waals surface area contributed by atoms with Crippen LogP contribution in [0.3, 0.4) is 0 Å². The van der Waals surface area contributed by atoms with Crippen LogP contribution in [0, 0.1) is 0 Å². The van der Waals surface area contributed by atoms with Crippen molar-refractivity contribution in [3.05, 3.63) is 35.9 Å². The third-order valence-electron chi connectivity index (χ3n) is 3.59. The maximum Gasteiger partial charge on any atom is 0.163 e. The highest BCUT2D eigenvalue weighted by Crippen LogP contribution is 2.32. The molecule has 0 saturated heterocycles. The summed E-state index contributed by atoms with van der Waals surface area (Å²) < 4.78 is 13.3. The molecule has 1 aromatic heterocycles. The number of fused-ring (bicyclic) bond motifs is 2. The quantitative estimate of drug-likeness (QED) is 0.836. The molecule has 3 heterocycles. The molecule has 2 aliphatic heterocycles. The van der Waals surface area contributed by atoms with Gasteiger partial charge >= 0.3 is 0 Å². The van der Waals surface area contributed by atoms with E-state index in [0.717, 1.165) is 42.4 Å². The smallest absolute Gasteiger partial charge is 0.163 e. The largest absolute Gasteiger partial charge is 0.486 e. The number of nitrogens with one attached hydrogen (secondary N) is 1. The number of hydrogen-bond donors (Lipinski definition) is 1. The normalized spacial score (nSPS) is 17.1. The van der Waals surface area contributed by atoms with Crippen LogP contribution >= 0.6 is 0 Å². The topological polar surface area (TPSA) is 48.3 Å². The lowest BCUT2D eigenvalue weighted by Gasteiger charge is -2.20. The number of hydrogen-bond acceptors (Lipinski definition) is 4. The van der Waals surface area contributed by atoms with Crippen molar-refractivity contribution >= 4 is 0 Å². The van der Waals surface area contributed by atoms with Crippen LogP contribution < -0.4 is 14.8 Å². The lowest BCUT2D eigenvalue weighted by atomic mass is 10.1. The van der Waals surface area contributed by atoms with Crippen molar-refractivity contribution in [2.45, 2.75) is 13.0 Å². The number of rotatable bonds is 1. The molecule has 0 bridgehead atoms. The van der Waals surface area contributed by atoms with Crippen LogP contribution in [0.4, 0.5) is 0 Å². The van der Waals surface area contributed by atoms with Crippen LogP contribution in [-0.2, 0) is 13.0 Å². The standard InChI is InChI=1S/C14H15N3O2/c1-2-13-14(19-6-5-18-13)7-10(1)17-9-16-11-8-15-4-3-12(11)17/h1-2,7,9,15H,3-6,8H2. The average molecular weight is 257 g/mol. The Balaban J connectivity index is 1.78. The second-order valence-electron chi connectivity index (χ2n) is 4.76. The minimum Gasteiger partial charge on any atom is -0.486 e. The van der Waals surface area contributed by atoms with Crippen LogP contribution in [-0.4, -0.2) is 29.3 Å². The van der Waals surface area contributed by atoms with Gasteiger partial charge in [0.05, 0.1) is 17.7 Å². The third-order valence-corrected chi connectivity index (χ3v) is 3.59. The molecule has 0 aliphatic carbocycles. The Morgan fingerprint density at radius 3 is 3.00 bits per heavy atom. The highest BCUT2D eigenvalue weighted by Gasteiger charge is 2.17. The van der Waals surface area contributed by atoms with Gasteiger partial charge < -0.3 is 19.4 Å². The van der Waals surface area contributed by atoms with Gasteiger partial charge in [-0.1, -0.05) is 0 Å². The van der Waals surface area contributed by atoms with Gasteiger partial charge in [-0.3, -0.25) is 0 Å². The summed E-state index contributed by atoms with van der Waals surface area (Å²) in [5.74, 6) is 1.64. The first-order valence-electron chi connectivity index (χ1n) is 6.58. The minimum absolute atomic E-state index is 0.614. The van der Waals surface area contributed by atoms with Gasteiger partial charge in [-0.2, -0.15) is 0 Å². The molecule has 5 nitrogen and oxygen atoms in total. The maximum atomic E-state index is 5.64. The first kappa shape index (κ1) is 10.9. The Bertz CT molecular complexity index is 621. The first-order valence-corrected chi connectivity index (χ1v) is 6.58. The van der Waals surface area contributed by atoms with Crippen molar-refractivity contribution in [1.29, 1.82) is 0 Å². The molecule has 0 radical (unpaired) electrons. The fourth-order valence-electron chi connectivity index (χ4n) is 2.64. The Morgan fingerprint density at radius 1 is 1.16 bits per heavy atom. The van der Waals surface area contributed by atoms with Gasteiger partial charge in [0.1, 0.15) is 13.2 Å². The van der Waals surface area contributed by atoms with Gasteiger partial charge in [-0.25, -0.2) is 4.98 Å². The summed E-state index contributed by atoms with van der Waals surface area (Å²) in [6, 6.07) is 6.05. The van der Waals surface area contributed by atoms with Gasteiger partial charge in [0, 0.05) is 31.3 Å². The van der Waals surface area contributed by atoms with E-state index in [2.05, 4.69) is 20.9 Å². The predicted molar refractivity (Wildman–Crippen MR) is 70.0 cm³/mol. The molecule has 4 rings (SSSR count). The predicted octanol–water partition coefficient (Wildman–Crippen LogP) is 1.29. The molecular weight excluding hydrogens is 242 g/mol. The third kappa shape index (κ3) is 1.77. The summed E-state index contributed by atoms with van der Waals surface area (Å²) in [5.41, 5.74) is 3.51. The Kier molecular flexibility index (Phi) is 2.45. The van der Waals surface area contributed by atoms with Crippen LogP contribution in [0.2, 0.25) is 0 Å². The van der Waals surface area contributed by atoms with E-state index in [-0.39, 0.29) is 0 Å². The molecule has 0 saturated carbocycles. The van der Waals surface area contributed by atoms with E-state index in [1.165, 1.54) is 5.69 Å². The first-order chi connectivity index (χ1) is 9.42. The molecule has 0 spiro atoms. The fourth-order valence-corrected chi connectivity index (χ4v) is 2.64. The number of aromatic nitrogens is 2. The van der Waals surface area contributed by atoms with Crippen LogP contribution in [0.25, 0.3) is 5.69 Å². The Morgan fingerprint density at radius 2 is 2.05 bits per heavy atom. The minimum atomic E-state index is 0.614. The maximum absolute atomic E-state index is 5.64. The summed E-state index contributed by atoms with van der Waals surface area (Å²) in [6.07, 6.45) is 2.90. The lowest BCUT2D eigenvalue weighted by Crippen LogP contribution is -2.24. The molecule has 1 aromatic carbocycles. The zero-order valence-corrected chi connectivity index (χ0v) is 10.6. The number of ether oxygens (including phenoxy) is 2. The van der Waals surface area contributed by atoms with Crippen molar-refractivity contribution in [3.8, 4) is 17.2 Å². The summed E-state index contributed by atoms with van der Waals surface area (Å²) in [4.78, 5) is 4.47. The number of benzene rings is 1. The molecular formula is C14H15N3O2. The second kappa shape index (κ2) is 4.28. The number of nitrogens with zero attached hydrogens (tertiary/aromatic N) is 2. The number of imidazole rings is 1. The molecule has 19 heavy (non-hydrogen) atoms. The summed E-state index contributed by atoms with van der Waals surface area (Å²) >= 11 is 0. The summed E-state index contributed by atoms with van der Waals surface area (Å²) in [6.45, 7) is 3.09. The van der Waals surface area contributed by atoms with Crippen LogP contribution in [0.5, 0.6) is 11.5 Å². The van der Waals surface area contributed by atoms with E-state index >= 15 is 0 Å². The molecule has 0 amide bonds. The zero-order chi connectivity index (χ0) is 12.7. The highest BCUT2D eigenvalue weighted by molar-refractivity contribution is 5.50. The van der Waals surface area contributed by atoms with Crippen molar-refractivity contribution in [3.63, 3.8) is 0 Å². The molecule has 0 unspecified atom stereocenters. The zero-order valence-electron chi connectivity index (χ0n) is 10.6. The van der Waals surface area contributed by atoms with Gasteiger partial charge in [0.2, 0.25) is 0 Å². The van der Waals surface area contributed by atoms with E-state index in [0.29, 0.717) is 13.2 Å². The average Bonchev–Trinajstić information content (AvgIpc) is 2.91. The lowest BCUT2D eigenvalue weighted by molar-refractivity contribution is 0.171. The van der Waals surface area contributed by atoms with E-state index in [9.17, 15) is 0 Å². The van der Waals surface area contributed by atoms with Crippen molar-refractivity contribution in [2.75, 3.05) is 19.8 Å². The van der Waals surface area contributed by atoms with E-state index in [1.807, 2.05) is 18.5 Å². The fraction of sp³-hybridized carbons (Fsp3) is 0.357. The molecule has 0 atom stereocenters. The SMILES string of the molecule is c1cc2c(cc1-n1cnc3c1CCNC3)OCCO2. The Labute approximate surface area is 111 Å².